The number of hydrogen-bond acceptors (Lipinski definition) is 5. The Bertz CT molecular complexity index is 1460. The van der Waals surface area contributed by atoms with Crippen LogP contribution < -0.4 is 10.1 Å². The standard InChI is InChI=1S/C30H33N5O4/c1-4-25-24-20-34(30(37)31-17-16-27(36)39-5-2)28(21-11-9-14-23(19-21)38-3)26-15-10-18-33(26)29(24)35(32-25)22-12-7-6-8-13-22/h6-15,18-19,28H,4-5,16-17,20H2,1-3H3,(H,31,37)/t28-/m1/s1. The minimum atomic E-state index is -0.418. The molecular formula is C30H33N5O4. The van der Waals surface area contributed by atoms with Gasteiger partial charge in [-0.2, -0.15) is 5.10 Å². The van der Waals surface area contributed by atoms with Crippen LogP contribution in [0.4, 0.5) is 4.79 Å². The van der Waals surface area contributed by atoms with Gasteiger partial charge in [-0.25, -0.2) is 9.48 Å². The summed E-state index contributed by atoms with van der Waals surface area (Å²) in [6, 6.07) is 21.1. The monoisotopic (exact) mass is 527 g/mol. The highest BCUT2D eigenvalue weighted by molar-refractivity contribution is 5.77. The first kappa shape index (κ1) is 26.1. The quantitative estimate of drug-likeness (QED) is 0.333. The molecule has 2 amide bonds. The second-order valence-electron chi connectivity index (χ2n) is 9.25. The summed E-state index contributed by atoms with van der Waals surface area (Å²) in [6.45, 7) is 4.65. The van der Waals surface area contributed by atoms with Crippen molar-refractivity contribution in [3.05, 3.63) is 95.4 Å². The second kappa shape index (κ2) is 11.5. The number of benzene rings is 2. The van der Waals surface area contributed by atoms with Crippen molar-refractivity contribution in [2.24, 2.45) is 0 Å². The van der Waals surface area contributed by atoms with Crippen molar-refractivity contribution in [1.29, 1.82) is 0 Å². The Morgan fingerprint density at radius 1 is 1.05 bits per heavy atom. The number of urea groups is 1. The predicted octanol–water partition coefficient (Wildman–Crippen LogP) is 4.80. The summed E-state index contributed by atoms with van der Waals surface area (Å²) in [5, 5.41) is 7.93. The molecule has 0 unspecified atom stereocenters. The highest BCUT2D eigenvalue weighted by Gasteiger charge is 2.36. The van der Waals surface area contributed by atoms with Crippen LogP contribution in [0.2, 0.25) is 0 Å². The molecule has 1 aliphatic rings. The van der Waals surface area contributed by atoms with Gasteiger partial charge in [0.2, 0.25) is 0 Å². The van der Waals surface area contributed by atoms with Gasteiger partial charge in [0.15, 0.2) is 0 Å². The van der Waals surface area contributed by atoms with E-state index < -0.39 is 6.04 Å². The van der Waals surface area contributed by atoms with Gasteiger partial charge >= 0.3 is 12.0 Å². The van der Waals surface area contributed by atoms with Crippen molar-refractivity contribution in [2.45, 2.75) is 39.3 Å². The molecule has 9 nitrogen and oxygen atoms in total. The third-order valence-electron chi connectivity index (χ3n) is 6.89. The fraction of sp³-hybridized carbons (Fsp3) is 0.300. The predicted molar refractivity (Wildman–Crippen MR) is 147 cm³/mol. The smallest absolute Gasteiger partial charge is 0.318 e. The van der Waals surface area contributed by atoms with Gasteiger partial charge in [0.05, 0.1) is 49.8 Å². The van der Waals surface area contributed by atoms with Crippen LogP contribution in [-0.4, -0.2) is 51.5 Å². The molecule has 2 aromatic carbocycles. The first-order valence-corrected chi connectivity index (χ1v) is 13.2. The molecule has 202 valence electrons. The van der Waals surface area contributed by atoms with E-state index in [2.05, 4.69) is 16.8 Å². The Kier molecular flexibility index (Phi) is 7.67. The van der Waals surface area contributed by atoms with Gasteiger partial charge in [-0.05, 0) is 55.3 Å². The Labute approximate surface area is 227 Å². The van der Waals surface area contributed by atoms with Gasteiger partial charge in [-0.1, -0.05) is 37.3 Å². The van der Waals surface area contributed by atoms with Gasteiger partial charge in [0.1, 0.15) is 11.6 Å². The largest absolute Gasteiger partial charge is 0.497 e. The number of fused-ring (bicyclic) bond motifs is 3. The Balaban J connectivity index is 1.63. The number of aromatic nitrogens is 3. The van der Waals surface area contributed by atoms with Crippen molar-refractivity contribution in [3.8, 4) is 17.3 Å². The summed E-state index contributed by atoms with van der Waals surface area (Å²) in [7, 11) is 1.63. The van der Waals surface area contributed by atoms with Crippen LogP contribution >= 0.6 is 0 Å². The lowest BCUT2D eigenvalue weighted by molar-refractivity contribution is -0.142. The lowest BCUT2D eigenvalue weighted by Crippen LogP contribution is -2.42. The van der Waals surface area contributed by atoms with Gasteiger partial charge in [0, 0.05) is 18.3 Å². The molecule has 0 radical (unpaired) electrons. The Hall–Kier alpha value is -4.53. The van der Waals surface area contributed by atoms with Crippen LogP contribution in [0.1, 0.15) is 48.8 Å². The molecule has 1 N–H and O–H groups in total. The lowest BCUT2D eigenvalue weighted by Gasteiger charge is -2.31. The molecule has 0 saturated heterocycles. The summed E-state index contributed by atoms with van der Waals surface area (Å²) >= 11 is 0. The number of aryl methyl sites for hydroxylation is 1. The number of methoxy groups -OCH3 is 1. The highest BCUT2D eigenvalue weighted by atomic mass is 16.5. The zero-order valence-corrected chi connectivity index (χ0v) is 22.5. The molecule has 4 aromatic rings. The van der Waals surface area contributed by atoms with E-state index >= 15 is 0 Å². The number of nitrogens with zero attached hydrogens (tertiary/aromatic N) is 4. The summed E-state index contributed by atoms with van der Waals surface area (Å²) in [6.07, 6.45) is 2.83. The topological polar surface area (TPSA) is 90.6 Å². The summed E-state index contributed by atoms with van der Waals surface area (Å²) in [5.41, 5.74) is 4.67. The molecule has 1 atom stereocenters. The van der Waals surface area contributed by atoms with Crippen LogP contribution in [0.25, 0.3) is 11.5 Å². The lowest BCUT2D eigenvalue weighted by atomic mass is 10.0. The van der Waals surface area contributed by atoms with Crippen LogP contribution in [0.3, 0.4) is 0 Å². The van der Waals surface area contributed by atoms with Gasteiger partial charge in [-0.15, -0.1) is 0 Å². The molecule has 0 fully saturated rings. The van der Waals surface area contributed by atoms with E-state index in [-0.39, 0.29) is 25.0 Å². The summed E-state index contributed by atoms with van der Waals surface area (Å²) < 4.78 is 14.6. The third-order valence-corrected chi connectivity index (χ3v) is 6.89. The van der Waals surface area contributed by atoms with Gasteiger partial charge in [0.25, 0.3) is 0 Å². The number of para-hydroxylation sites is 1. The number of rotatable bonds is 8. The first-order chi connectivity index (χ1) is 19.0. The van der Waals surface area contributed by atoms with Crippen LogP contribution in [0.5, 0.6) is 5.75 Å². The molecular weight excluding hydrogens is 494 g/mol. The minimum Gasteiger partial charge on any atom is -0.497 e. The van der Waals surface area contributed by atoms with E-state index in [0.717, 1.165) is 34.0 Å². The fourth-order valence-electron chi connectivity index (χ4n) is 5.12. The summed E-state index contributed by atoms with van der Waals surface area (Å²) in [5.74, 6) is 1.28. The Morgan fingerprint density at radius 3 is 2.62 bits per heavy atom. The fourth-order valence-corrected chi connectivity index (χ4v) is 5.12. The number of nitrogens with one attached hydrogen (secondary N) is 1. The molecule has 9 heteroatoms. The number of hydrogen-bond donors (Lipinski definition) is 1. The van der Waals surface area contributed by atoms with Crippen molar-refractivity contribution in [2.75, 3.05) is 20.3 Å². The van der Waals surface area contributed by atoms with Crippen LogP contribution in [0, 0.1) is 0 Å². The SMILES string of the molecule is CCOC(=O)CCNC(=O)N1Cc2c(CC)nn(-c3ccccc3)c2-n2cccc2[C@H]1c1cccc(OC)c1. The number of carbonyl (C=O) groups excluding carboxylic acids is 2. The molecule has 5 rings (SSSR count). The number of amides is 2. The zero-order valence-electron chi connectivity index (χ0n) is 22.5. The average molecular weight is 528 g/mol. The maximum Gasteiger partial charge on any atom is 0.318 e. The molecule has 1 aliphatic heterocycles. The second-order valence-corrected chi connectivity index (χ2v) is 9.25. The highest BCUT2D eigenvalue weighted by Crippen LogP contribution is 2.39. The van der Waals surface area contributed by atoms with Gasteiger partial charge < -0.3 is 24.3 Å². The first-order valence-electron chi connectivity index (χ1n) is 13.2. The molecule has 0 aliphatic carbocycles. The van der Waals surface area contributed by atoms with Crippen LogP contribution in [0.15, 0.2) is 72.9 Å². The van der Waals surface area contributed by atoms with E-state index in [9.17, 15) is 9.59 Å². The Morgan fingerprint density at radius 2 is 1.87 bits per heavy atom. The minimum absolute atomic E-state index is 0.102. The normalized spacial score (nSPS) is 14.2. The van der Waals surface area contributed by atoms with Crippen molar-refractivity contribution in [3.63, 3.8) is 0 Å². The third kappa shape index (κ3) is 5.12. The summed E-state index contributed by atoms with van der Waals surface area (Å²) in [4.78, 5) is 27.6. The van der Waals surface area contributed by atoms with Crippen molar-refractivity contribution >= 4 is 12.0 Å². The van der Waals surface area contributed by atoms with Crippen molar-refractivity contribution in [1.82, 2.24) is 24.6 Å². The molecule has 0 bridgehead atoms. The molecule has 0 spiro atoms. The van der Waals surface area contributed by atoms with Gasteiger partial charge in [-0.3, -0.25) is 4.79 Å². The number of carbonyl (C=O) groups is 2. The van der Waals surface area contributed by atoms with Crippen LogP contribution in [-0.2, 0) is 22.5 Å². The zero-order chi connectivity index (χ0) is 27.4. The molecule has 3 heterocycles. The number of esters is 1. The number of ether oxygens (including phenoxy) is 2. The van der Waals surface area contributed by atoms with E-state index in [4.69, 9.17) is 14.6 Å². The van der Waals surface area contributed by atoms with Crippen molar-refractivity contribution < 1.29 is 19.1 Å². The molecule has 0 saturated carbocycles. The van der Waals surface area contributed by atoms with E-state index in [1.54, 1.807) is 14.0 Å². The van der Waals surface area contributed by atoms with E-state index in [1.807, 2.05) is 82.5 Å². The van der Waals surface area contributed by atoms with E-state index in [1.165, 1.54) is 0 Å². The maximum absolute atomic E-state index is 13.8. The molecule has 2 aromatic heterocycles. The average Bonchev–Trinajstić information content (AvgIpc) is 3.54. The maximum atomic E-state index is 13.8. The molecule has 39 heavy (non-hydrogen) atoms. The van der Waals surface area contributed by atoms with E-state index in [0.29, 0.717) is 25.3 Å².